The molecule has 0 radical (unpaired) electrons. The Balaban J connectivity index is 0.00000320. The Morgan fingerprint density at radius 1 is 1.03 bits per heavy atom. The second-order valence-electron chi connectivity index (χ2n) is 9.88. The number of carbonyl (C=O) groups excluding carboxylic acids is 1. The van der Waals surface area contributed by atoms with Crippen molar-refractivity contribution in [3.63, 3.8) is 0 Å². The van der Waals surface area contributed by atoms with Gasteiger partial charge in [-0.1, -0.05) is 52.0 Å². The highest BCUT2D eigenvalue weighted by Crippen LogP contribution is 2.45. The molecule has 0 bridgehead atoms. The zero-order chi connectivity index (χ0) is 21.1. The average Bonchev–Trinajstić information content (AvgIpc) is 2.63. The lowest BCUT2D eigenvalue weighted by Crippen LogP contribution is -2.44. The lowest BCUT2D eigenvalue weighted by Gasteiger charge is -2.45. The highest BCUT2D eigenvalue weighted by atomic mass is 35.5. The van der Waals surface area contributed by atoms with Crippen molar-refractivity contribution in [3.05, 3.63) is 54.1 Å². The van der Waals surface area contributed by atoms with Gasteiger partial charge in [-0.15, -0.1) is 12.4 Å². The van der Waals surface area contributed by atoms with Crippen LogP contribution in [0.25, 0.3) is 11.1 Å². The quantitative estimate of drug-likeness (QED) is 0.574. The lowest BCUT2D eigenvalue weighted by molar-refractivity contribution is 0.0835. The first-order chi connectivity index (χ1) is 13.6. The van der Waals surface area contributed by atoms with E-state index in [2.05, 4.69) is 33.0 Å². The fraction of sp³-hybridized carbons (Fsp3) is 0.480. The fourth-order valence-electron chi connectivity index (χ4n) is 5.02. The minimum atomic E-state index is -0.413. The summed E-state index contributed by atoms with van der Waals surface area (Å²) in [5, 5.41) is 3.69. The van der Waals surface area contributed by atoms with Crippen molar-refractivity contribution in [2.45, 2.75) is 53.0 Å². The van der Waals surface area contributed by atoms with E-state index < -0.39 is 5.91 Å². The van der Waals surface area contributed by atoms with Gasteiger partial charge in [-0.2, -0.15) is 0 Å². The van der Waals surface area contributed by atoms with Crippen molar-refractivity contribution in [3.8, 4) is 16.9 Å². The van der Waals surface area contributed by atoms with Gasteiger partial charge in [0.15, 0.2) is 0 Å². The third-order valence-corrected chi connectivity index (χ3v) is 5.69. The number of hydrogen-bond donors (Lipinski definition) is 2. The zero-order valence-corrected chi connectivity index (χ0v) is 19.4. The molecule has 0 spiro atoms. The van der Waals surface area contributed by atoms with Gasteiger partial charge in [0.1, 0.15) is 12.4 Å². The van der Waals surface area contributed by atoms with E-state index in [0.29, 0.717) is 29.0 Å². The number of ether oxygens (including phenoxy) is 1. The number of nitrogens with one attached hydrogen (secondary N) is 1. The Hall–Kier alpha value is -2.04. The highest BCUT2D eigenvalue weighted by Gasteiger charge is 2.37. The molecule has 1 aliphatic carbocycles. The number of rotatable bonds is 7. The van der Waals surface area contributed by atoms with Crippen molar-refractivity contribution in [1.82, 2.24) is 5.32 Å². The topological polar surface area (TPSA) is 64.3 Å². The molecule has 1 amide bonds. The van der Waals surface area contributed by atoms with Gasteiger partial charge in [-0.05, 0) is 65.5 Å². The van der Waals surface area contributed by atoms with Gasteiger partial charge in [-0.25, -0.2) is 0 Å². The first-order valence-electron chi connectivity index (χ1n) is 10.5. The summed E-state index contributed by atoms with van der Waals surface area (Å²) in [6.07, 6.45) is 3.72. The van der Waals surface area contributed by atoms with Crippen LogP contribution < -0.4 is 15.8 Å². The standard InChI is InChI=1S/C25H34N2O2.ClH/c1-24(2)15-21(16-25(3,4)17-24)27-12-13-29-22-10-8-18(9-11-22)19-6-5-7-20(14-19)23(26)28;/h5-11,14,21,27H,12-13,15-17H2,1-4H3,(H2,26,28);1H. The Morgan fingerprint density at radius 3 is 2.27 bits per heavy atom. The second-order valence-corrected chi connectivity index (χ2v) is 9.88. The van der Waals surface area contributed by atoms with E-state index in [1.807, 2.05) is 42.5 Å². The van der Waals surface area contributed by atoms with E-state index in [-0.39, 0.29) is 12.4 Å². The Kier molecular flexibility index (Phi) is 7.95. The van der Waals surface area contributed by atoms with Crippen molar-refractivity contribution in [2.75, 3.05) is 13.2 Å². The number of primary amides is 1. The van der Waals surface area contributed by atoms with Crippen LogP contribution in [-0.4, -0.2) is 25.1 Å². The Bertz CT molecular complexity index is 830. The molecule has 0 aromatic heterocycles. The Labute approximate surface area is 187 Å². The molecule has 2 aromatic rings. The summed E-state index contributed by atoms with van der Waals surface area (Å²) < 4.78 is 5.92. The summed E-state index contributed by atoms with van der Waals surface area (Å²) in [5.74, 6) is 0.440. The molecule has 0 aliphatic heterocycles. The molecule has 1 fully saturated rings. The van der Waals surface area contributed by atoms with Gasteiger partial charge in [0.2, 0.25) is 5.91 Å². The van der Waals surface area contributed by atoms with E-state index in [4.69, 9.17) is 10.5 Å². The third kappa shape index (κ3) is 6.75. The van der Waals surface area contributed by atoms with E-state index in [1.54, 1.807) is 6.07 Å². The summed E-state index contributed by atoms with van der Waals surface area (Å²) in [6, 6.07) is 15.9. The SMILES string of the molecule is CC1(C)CC(NCCOc2ccc(-c3cccc(C(N)=O)c3)cc2)CC(C)(C)C1.Cl. The molecule has 3 N–H and O–H groups in total. The predicted octanol–water partition coefficient (Wildman–Crippen LogP) is 5.45. The molecule has 4 nitrogen and oxygen atoms in total. The van der Waals surface area contributed by atoms with E-state index in [0.717, 1.165) is 23.4 Å². The molecule has 3 rings (SSSR count). The van der Waals surface area contributed by atoms with Crippen LogP contribution in [0.2, 0.25) is 0 Å². The minimum Gasteiger partial charge on any atom is -0.492 e. The smallest absolute Gasteiger partial charge is 0.248 e. The second kappa shape index (κ2) is 9.84. The van der Waals surface area contributed by atoms with Crippen LogP contribution in [-0.2, 0) is 0 Å². The van der Waals surface area contributed by atoms with Crippen LogP contribution in [0.3, 0.4) is 0 Å². The largest absolute Gasteiger partial charge is 0.492 e. The molecule has 1 saturated carbocycles. The summed E-state index contributed by atoms with van der Waals surface area (Å²) in [7, 11) is 0. The van der Waals surface area contributed by atoms with Gasteiger partial charge < -0.3 is 15.8 Å². The molecule has 1 aliphatic rings. The van der Waals surface area contributed by atoms with Crippen LogP contribution in [0.4, 0.5) is 0 Å². The third-order valence-electron chi connectivity index (χ3n) is 5.69. The molecular formula is C25H35ClN2O2. The Morgan fingerprint density at radius 2 is 1.67 bits per heavy atom. The van der Waals surface area contributed by atoms with Crippen LogP contribution in [0.5, 0.6) is 5.75 Å². The van der Waals surface area contributed by atoms with Crippen LogP contribution in [0.1, 0.15) is 57.3 Å². The molecule has 5 heteroatoms. The number of nitrogens with two attached hydrogens (primary N) is 1. The van der Waals surface area contributed by atoms with Gasteiger partial charge >= 0.3 is 0 Å². The van der Waals surface area contributed by atoms with Crippen molar-refractivity contribution in [1.29, 1.82) is 0 Å². The van der Waals surface area contributed by atoms with Gasteiger partial charge in [0.25, 0.3) is 0 Å². The average molecular weight is 431 g/mol. The zero-order valence-electron chi connectivity index (χ0n) is 18.5. The van der Waals surface area contributed by atoms with Crippen LogP contribution in [0.15, 0.2) is 48.5 Å². The van der Waals surface area contributed by atoms with E-state index in [9.17, 15) is 4.79 Å². The van der Waals surface area contributed by atoms with Crippen molar-refractivity contribution >= 4 is 18.3 Å². The number of carbonyl (C=O) groups is 1. The maximum atomic E-state index is 11.4. The van der Waals surface area contributed by atoms with Crippen LogP contribution >= 0.6 is 12.4 Å². The number of halogens is 1. The predicted molar refractivity (Wildman–Crippen MR) is 126 cm³/mol. The molecule has 30 heavy (non-hydrogen) atoms. The van der Waals surface area contributed by atoms with E-state index >= 15 is 0 Å². The number of benzene rings is 2. The van der Waals surface area contributed by atoms with Gasteiger partial charge in [-0.3, -0.25) is 4.79 Å². The first kappa shape index (κ1) is 24.2. The monoisotopic (exact) mass is 430 g/mol. The summed E-state index contributed by atoms with van der Waals surface area (Å²) in [4.78, 5) is 11.4. The van der Waals surface area contributed by atoms with E-state index in [1.165, 1.54) is 19.3 Å². The molecule has 0 atom stereocenters. The molecule has 164 valence electrons. The van der Waals surface area contributed by atoms with Crippen molar-refractivity contribution in [2.24, 2.45) is 16.6 Å². The van der Waals surface area contributed by atoms with Crippen molar-refractivity contribution < 1.29 is 9.53 Å². The fourth-order valence-corrected chi connectivity index (χ4v) is 5.02. The first-order valence-corrected chi connectivity index (χ1v) is 10.5. The molecule has 2 aromatic carbocycles. The minimum absolute atomic E-state index is 0. The molecular weight excluding hydrogens is 396 g/mol. The molecule has 0 unspecified atom stereocenters. The summed E-state index contributed by atoms with van der Waals surface area (Å²) >= 11 is 0. The highest BCUT2D eigenvalue weighted by molar-refractivity contribution is 5.94. The number of hydrogen-bond acceptors (Lipinski definition) is 3. The molecule has 0 saturated heterocycles. The maximum Gasteiger partial charge on any atom is 0.248 e. The molecule has 0 heterocycles. The lowest BCUT2D eigenvalue weighted by atomic mass is 9.63. The van der Waals surface area contributed by atoms with Gasteiger partial charge in [0.05, 0.1) is 0 Å². The summed E-state index contributed by atoms with van der Waals surface area (Å²) in [6.45, 7) is 11.0. The van der Waals surface area contributed by atoms with Crippen LogP contribution in [0, 0.1) is 10.8 Å². The maximum absolute atomic E-state index is 11.4. The van der Waals surface area contributed by atoms with Gasteiger partial charge in [0, 0.05) is 18.2 Å². The number of amides is 1. The normalized spacial score (nSPS) is 17.7. The summed E-state index contributed by atoms with van der Waals surface area (Å²) in [5.41, 5.74) is 8.67.